The molecule has 2 aromatic rings. The monoisotopic (exact) mass is 161 g/mol. The summed E-state index contributed by atoms with van der Waals surface area (Å²) in [5.41, 5.74) is 2.10. The molecular weight excluding hydrogens is 150 g/mol. The molecule has 0 saturated carbocycles. The maximum atomic E-state index is 4.43. The van der Waals surface area contributed by atoms with Gasteiger partial charge in [0, 0.05) is 20.3 Å². The lowest BCUT2D eigenvalue weighted by Gasteiger charge is -2.09. The summed E-state index contributed by atoms with van der Waals surface area (Å²) in [5.74, 6) is 0.988. The minimum Gasteiger partial charge on any atom is -0.363 e. The van der Waals surface area contributed by atoms with E-state index in [1.54, 1.807) is 0 Å². The largest absolute Gasteiger partial charge is 0.363 e. The van der Waals surface area contributed by atoms with E-state index in [9.17, 15) is 0 Å². The summed E-state index contributed by atoms with van der Waals surface area (Å²) in [7, 11) is 3.97. The highest BCUT2D eigenvalue weighted by molar-refractivity contribution is 5.76. The molecule has 0 aliphatic rings. The lowest BCUT2D eigenvalue weighted by atomic mass is 10.3. The zero-order valence-electron chi connectivity index (χ0n) is 7.20. The van der Waals surface area contributed by atoms with Gasteiger partial charge in [-0.05, 0) is 18.2 Å². The second-order valence-electron chi connectivity index (χ2n) is 2.97. The number of fused-ring (bicyclic) bond motifs is 1. The molecule has 0 atom stereocenters. The van der Waals surface area contributed by atoms with Crippen molar-refractivity contribution in [2.24, 2.45) is 0 Å². The molecule has 0 aliphatic heterocycles. The molecule has 0 fully saturated rings. The van der Waals surface area contributed by atoms with Crippen LogP contribution >= 0.6 is 0 Å². The topological polar surface area (TPSA) is 31.9 Å². The van der Waals surface area contributed by atoms with Gasteiger partial charge >= 0.3 is 0 Å². The Morgan fingerprint density at radius 2 is 2.08 bits per heavy atom. The average Bonchev–Trinajstić information content (AvgIpc) is 2.49. The van der Waals surface area contributed by atoms with Gasteiger partial charge in [-0.1, -0.05) is 0 Å². The van der Waals surface area contributed by atoms with Crippen LogP contribution in [0.5, 0.6) is 0 Å². The van der Waals surface area contributed by atoms with E-state index in [0.29, 0.717) is 0 Å². The third-order valence-electron chi connectivity index (χ3n) is 1.85. The first kappa shape index (κ1) is 7.16. The molecule has 62 valence electrons. The molecule has 0 unspecified atom stereocenters. The number of pyridine rings is 1. The van der Waals surface area contributed by atoms with Gasteiger partial charge in [-0.25, -0.2) is 4.98 Å². The van der Waals surface area contributed by atoms with E-state index in [1.807, 2.05) is 43.4 Å². The minimum absolute atomic E-state index is 0.988. The van der Waals surface area contributed by atoms with Crippen LogP contribution in [-0.4, -0.2) is 24.1 Å². The minimum atomic E-state index is 0.988. The molecular formula is C9H11N3. The summed E-state index contributed by atoms with van der Waals surface area (Å²) in [6.07, 6.45) is 1.90. The highest BCUT2D eigenvalue weighted by Crippen LogP contribution is 2.14. The maximum Gasteiger partial charge on any atom is 0.128 e. The van der Waals surface area contributed by atoms with Crippen LogP contribution in [0.2, 0.25) is 0 Å². The third-order valence-corrected chi connectivity index (χ3v) is 1.85. The number of aromatic amines is 1. The third kappa shape index (κ3) is 1.03. The second-order valence-corrected chi connectivity index (χ2v) is 2.97. The van der Waals surface area contributed by atoms with Crippen molar-refractivity contribution in [3.8, 4) is 0 Å². The number of H-pyrrole nitrogens is 1. The number of anilines is 1. The SMILES string of the molecule is CN(C)c1ccc2[nH]ccc2n1. The molecule has 2 heterocycles. The summed E-state index contributed by atoms with van der Waals surface area (Å²) < 4.78 is 0. The van der Waals surface area contributed by atoms with Gasteiger partial charge in [0.1, 0.15) is 5.82 Å². The van der Waals surface area contributed by atoms with E-state index < -0.39 is 0 Å². The lowest BCUT2D eigenvalue weighted by Crippen LogP contribution is -2.09. The van der Waals surface area contributed by atoms with Crippen molar-refractivity contribution in [1.82, 2.24) is 9.97 Å². The number of rotatable bonds is 1. The molecule has 0 aromatic carbocycles. The maximum absolute atomic E-state index is 4.43. The highest BCUT2D eigenvalue weighted by Gasteiger charge is 1.98. The Labute approximate surface area is 71.0 Å². The van der Waals surface area contributed by atoms with Crippen molar-refractivity contribution in [3.63, 3.8) is 0 Å². The molecule has 0 saturated heterocycles. The van der Waals surface area contributed by atoms with Crippen LogP contribution in [0.15, 0.2) is 24.4 Å². The zero-order chi connectivity index (χ0) is 8.55. The summed E-state index contributed by atoms with van der Waals surface area (Å²) in [6.45, 7) is 0. The van der Waals surface area contributed by atoms with Crippen LogP contribution < -0.4 is 4.90 Å². The first-order chi connectivity index (χ1) is 5.77. The van der Waals surface area contributed by atoms with Crippen molar-refractivity contribution in [1.29, 1.82) is 0 Å². The lowest BCUT2D eigenvalue weighted by molar-refractivity contribution is 1.08. The molecule has 1 N–H and O–H groups in total. The number of hydrogen-bond acceptors (Lipinski definition) is 2. The Morgan fingerprint density at radius 1 is 1.25 bits per heavy atom. The van der Waals surface area contributed by atoms with Crippen molar-refractivity contribution in [3.05, 3.63) is 24.4 Å². The van der Waals surface area contributed by atoms with Gasteiger partial charge in [-0.2, -0.15) is 0 Å². The van der Waals surface area contributed by atoms with Crippen LogP contribution in [0.3, 0.4) is 0 Å². The average molecular weight is 161 g/mol. The van der Waals surface area contributed by atoms with Gasteiger partial charge in [0.2, 0.25) is 0 Å². The fraction of sp³-hybridized carbons (Fsp3) is 0.222. The molecule has 0 bridgehead atoms. The van der Waals surface area contributed by atoms with Crippen LogP contribution in [0, 0.1) is 0 Å². The molecule has 2 aromatic heterocycles. The van der Waals surface area contributed by atoms with E-state index in [4.69, 9.17) is 0 Å². The molecule has 12 heavy (non-hydrogen) atoms. The van der Waals surface area contributed by atoms with E-state index in [1.165, 1.54) is 0 Å². The standard InChI is InChI=1S/C9H11N3/c1-12(2)9-4-3-7-8(11-9)5-6-10-7/h3-6,10H,1-2H3. The Bertz CT molecular complexity index is 389. The van der Waals surface area contributed by atoms with Crippen LogP contribution in [-0.2, 0) is 0 Å². The van der Waals surface area contributed by atoms with Crippen LogP contribution in [0.4, 0.5) is 5.82 Å². The Balaban J connectivity index is 2.60. The summed E-state index contributed by atoms with van der Waals surface area (Å²) in [4.78, 5) is 9.53. The van der Waals surface area contributed by atoms with E-state index in [-0.39, 0.29) is 0 Å². The molecule has 0 spiro atoms. The van der Waals surface area contributed by atoms with Crippen LogP contribution in [0.1, 0.15) is 0 Å². The summed E-state index contributed by atoms with van der Waals surface area (Å²) in [5, 5.41) is 0. The van der Waals surface area contributed by atoms with Crippen molar-refractivity contribution in [2.45, 2.75) is 0 Å². The molecule has 3 heteroatoms. The van der Waals surface area contributed by atoms with E-state index in [0.717, 1.165) is 16.9 Å². The Hall–Kier alpha value is -1.51. The second kappa shape index (κ2) is 2.52. The molecule has 0 radical (unpaired) electrons. The van der Waals surface area contributed by atoms with Gasteiger partial charge < -0.3 is 9.88 Å². The quantitative estimate of drug-likeness (QED) is 0.689. The molecule has 2 rings (SSSR count). The van der Waals surface area contributed by atoms with E-state index >= 15 is 0 Å². The van der Waals surface area contributed by atoms with E-state index in [2.05, 4.69) is 9.97 Å². The number of nitrogens with zero attached hydrogens (tertiary/aromatic N) is 2. The highest BCUT2D eigenvalue weighted by atomic mass is 15.1. The fourth-order valence-corrected chi connectivity index (χ4v) is 1.17. The van der Waals surface area contributed by atoms with Crippen molar-refractivity contribution >= 4 is 16.9 Å². The fourth-order valence-electron chi connectivity index (χ4n) is 1.17. The number of aromatic nitrogens is 2. The summed E-state index contributed by atoms with van der Waals surface area (Å²) in [6, 6.07) is 6.01. The van der Waals surface area contributed by atoms with Gasteiger partial charge in [-0.15, -0.1) is 0 Å². The zero-order valence-corrected chi connectivity index (χ0v) is 7.20. The van der Waals surface area contributed by atoms with Crippen LogP contribution in [0.25, 0.3) is 11.0 Å². The van der Waals surface area contributed by atoms with Gasteiger partial charge in [0.25, 0.3) is 0 Å². The summed E-state index contributed by atoms with van der Waals surface area (Å²) >= 11 is 0. The Kier molecular flexibility index (Phi) is 1.50. The molecule has 0 aliphatic carbocycles. The Morgan fingerprint density at radius 3 is 2.83 bits per heavy atom. The predicted octanol–water partition coefficient (Wildman–Crippen LogP) is 1.63. The van der Waals surface area contributed by atoms with Gasteiger partial charge in [0.15, 0.2) is 0 Å². The smallest absolute Gasteiger partial charge is 0.128 e. The van der Waals surface area contributed by atoms with Crippen molar-refractivity contribution in [2.75, 3.05) is 19.0 Å². The number of nitrogens with one attached hydrogen (secondary N) is 1. The first-order valence-corrected chi connectivity index (χ1v) is 3.89. The molecule has 0 amide bonds. The van der Waals surface area contributed by atoms with Gasteiger partial charge in [0.05, 0.1) is 11.0 Å². The first-order valence-electron chi connectivity index (χ1n) is 3.89. The van der Waals surface area contributed by atoms with Gasteiger partial charge in [-0.3, -0.25) is 0 Å². The number of hydrogen-bond donors (Lipinski definition) is 1. The predicted molar refractivity (Wildman–Crippen MR) is 50.4 cm³/mol. The normalized spacial score (nSPS) is 10.5. The van der Waals surface area contributed by atoms with Crippen molar-refractivity contribution < 1.29 is 0 Å². The molecule has 3 nitrogen and oxygen atoms in total.